The molecule has 1 aliphatic rings. The van der Waals surface area contributed by atoms with Gasteiger partial charge >= 0.3 is 0 Å². The van der Waals surface area contributed by atoms with Crippen LogP contribution in [0.3, 0.4) is 0 Å². The number of benzene rings is 3. The largest absolute Gasteiger partial charge is 0.494 e. The van der Waals surface area contributed by atoms with Crippen LogP contribution in [-0.2, 0) is 0 Å². The van der Waals surface area contributed by atoms with Crippen molar-refractivity contribution in [3.8, 4) is 5.75 Å². The van der Waals surface area contributed by atoms with Gasteiger partial charge in [-0.2, -0.15) is 0 Å². The second-order valence-corrected chi connectivity index (χ2v) is 8.64. The quantitative estimate of drug-likeness (QED) is 0.465. The lowest BCUT2D eigenvalue weighted by atomic mass is 10.1. The predicted molar refractivity (Wildman–Crippen MR) is 136 cm³/mol. The molecule has 0 saturated carbocycles. The van der Waals surface area contributed by atoms with Crippen LogP contribution < -0.4 is 15.4 Å². The van der Waals surface area contributed by atoms with Gasteiger partial charge in [-0.1, -0.05) is 29.3 Å². The van der Waals surface area contributed by atoms with Crippen LogP contribution in [-0.4, -0.2) is 49.8 Å². The maximum absolute atomic E-state index is 14.9. The number of hydrogen-bond donors (Lipinski definition) is 2. The third kappa shape index (κ3) is 5.39. The number of likely N-dealkylation sites (N-methyl/N-ethyl adjacent to an activating group) is 1. The van der Waals surface area contributed by atoms with Crippen molar-refractivity contribution in [1.29, 1.82) is 0 Å². The fourth-order valence-corrected chi connectivity index (χ4v) is 3.98. The molecule has 0 saturated heterocycles. The van der Waals surface area contributed by atoms with E-state index in [1.165, 1.54) is 31.4 Å². The van der Waals surface area contributed by atoms with Crippen molar-refractivity contribution in [3.05, 3.63) is 87.2 Å². The Labute approximate surface area is 211 Å². The lowest BCUT2D eigenvalue weighted by Gasteiger charge is -2.17. The number of amides is 2. The molecule has 0 unspecified atom stereocenters. The molecular weight excluding hydrogens is 494 g/mol. The zero-order valence-corrected chi connectivity index (χ0v) is 20.4. The van der Waals surface area contributed by atoms with Gasteiger partial charge in [0.25, 0.3) is 11.8 Å². The van der Waals surface area contributed by atoms with E-state index in [0.717, 1.165) is 6.54 Å². The van der Waals surface area contributed by atoms with Crippen molar-refractivity contribution < 1.29 is 18.7 Å². The van der Waals surface area contributed by atoms with E-state index in [4.69, 9.17) is 27.9 Å². The summed E-state index contributed by atoms with van der Waals surface area (Å²) in [5.41, 5.74) is 0.951. The molecule has 0 spiro atoms. The lowest BCUT2D eigenvalue weighted by Crippen LogP contribution is -2.24. The smallest absolute Gasteiger partial charge is 0.258 e. The SMILES string of the molecule is COc1cc(Cl)cc(C(=O)Nc2ccc(Cl)cc2)c1NC(=O)c1ccc(C2=NCCN2C)cc1F. The number of carbonyl (C=O) groups excluding carboxylic acids is 2. The molecule has 2 amide bonds. The third-order valence-corrected chi connectivity index (χ3v) is 5.87. The minimum absolute atomic E-state index is 0.0385. The lowest BCUT2D eigenvalue weighted by molar-refractivity contribution is 0.102. The fourth-order valence-electron chi connectivity index (χ4n) is 3.65. The molecular formula is C25H21Cl2FN4O3. The van der Waals surface area contributed by atoms with Crippen LogP contribution in [0.2, 0.25) is 10.0 Å². The number of nitrogens with one attached hydrogen (secondary N) is 2. The van der Waals surface area contributed by atoms with Gasteiger partial charge in [-0.25, -0.2) is 4.39 Å². The number of anilines is 2. The molecule has 10 heteroatoms. The topological polar surface area (TPSA) is 83.0 Å². The Morgan fingerprint density at radius 2 is 1.69 bits per heavy atom. The second-order valence-electron chi connectivity index (χ2n) is 7.77. The van der Waals surface area contributed by atoms with Gasteiger partial charge in [0, 0.05) is 41.0 Å². The van der Waals surface area contributed by atoms with Crippen molar-refractivity contribution in [2.45, 2.75) is 0 Å². The summed E-state index contributed by atoms with van der Waals surface area (Å²) in [5.74, 6) is -1.22. The third-order valence-electron chi connectivity index (χ3n) is 5.40. The number of rotatable bonds is 6. The monoisotopic (exact) mass is 514 g/mol. The molecule has 3 aromatic rings. The van der Waals surface area contributed by atoms with Crippen LogP contribution in [0.15, 0.2) is 59.6 Å². The van der Waals surface area contributed by atoms with Crippen LogP contribution in [0, 0.1) is 5.82 Å². The van der Waals surface area contributed by atoms with Crippen LogP contribution in [0.1, 0.15) is 26.3 Å². The summed E-state index contributed by atoms with van der Waals surface area (Å²) in [6, 6.07) is 13.6. The standard InChI is InChI=1S/C25H21Cl2FN4O3/c1-32-10-9-29-23(32)14-3-8-18(20(28)11-14)24(33)31-22-19(12-16(27)13-21(22)35-2)25(34)30-17-6-4-15(26)5-7-17/h3-8,11-13H,9-10H2,1-2H3,(H,30,34)(H,31,33). The van der Waals surface area contributed by atoms with E-state index in [-0.39, 0.29) is 27.6 Å². The average Bonchev–Trinajstić information content (AvgIpc) is 3.26. The summed E-state index contributed by atoms with van der Waals surface area (Å²) >= 11 is 12.1. The first-order valence-electron chi connectivity index (χ1n) is 10.6. The number of amidine groups is 1. The number of hydrogen-bond acceptors (Lipinski definition) is 5. The predicted octanol–water partition coefficient (Wildman–Crippen LogP) is 5.34. The molecule has 0 radical (unpaired) electrons. The van der Waals surface area contributed by atoms with E-state index in [0.29, 0.717) is 28.7 Å². The molecule has 3 aromatic carbocycles. The highest BCUT2D eigenvalue weighted by molar-refractivity contribution is 6.32. The molecule has 0 bridgehead atoms. The Kier molecular flexibility index (Phi) is 7.23. The Morgan fingerprint density at radius 3 is 2.31 bits per heavy atom. The summed E-state index contributed by atoms with van der Waals surface area (Å²) in [6.07, 6.45) is 0. The van der Waals surface area contributed by atoms with Gasteiger partial charge in [-0.3, -0.25) is 14.6 Å². The number of methoxy groups -OCH3 is 1. The number of carbonyl (C=O) groups is 2. The van der Waals surface area contributed by atoms with Crippen molar-refractivity contribution >= 4 is 52.2 Å². The molecule has 0 atom stereocenters. The first kappa shape index (κ1) is 24.5. The maximum atomic E-state index is 14.9. The van der Waals surface area contributed by atoms with Gasteiger partial charge < -0.3 is 20.3 Å². The summed E-state index contributed by atoms with van der Waals surface area (Å²) in [6.45, 7) is 1.38. The molecule has 2 N–H and O–H groups in total. The molecule has 1 heterocycles. The maximum Gasteiger partial charge on any atom is 0.258 e. The van der Waals surface area contributed by atoms with Crippen LogP contribution >= 0.6 is 23.2 Å². The highest BCUT2D eigenvalue weighted by Crippen LogP contribution is 2.34. The van der Waals surface area contributed by atoms with E-state index in [9.17, 15) is 14.0 Å². The molecule has 4 rings (SSSR count). The minimum Gasteiger partial charge on any atom is -0.494 e. The van der Waals surface area contributed by atoms with Gasteiger partial charge in [0.15, 0.2) is 0 Å². The van der Waals surface area contributed by atoms with Gasteiger partial charge in [-0.05, 0) is 42.5 Å². The molecule has 0 fully saturated rings. The second kappa shape index (κ2) is 10.3. The minimum atomic E-state index is -0.753. The Bertz CT molecular complexity index is 1330. The van der Waals surface area contributed by atoms with Crippen molar-refractivity contribution in [1.82, 2.24) is 4.90 Å². The van der Waals surface area contributed by atoms with Crippen LogP contribution in [0.25, 0.3) is 0 Å². The van der Waals surface area contributed by atoms with Crippen molar-refractivity contribution in [2.24, 2.45) is 4.99 Å². The Hall–Kier alpha value is -3.62. The summed E-state index contributed by atoms with van der Waals surface area (Å²) in [5, 5.41) is 6.05. The fraction of sp³-hybridized carbons (Fsp3) is 0.160. The number of nitrogens with zero attached hydrogens (tertiary/aromatic N) is 2. The summed E-state index contributed by atoms with van der Waals surface area (Å²) in [4.78, 5) is 32.4. The first-order valence-corrected chi connectivity index (χ1v) is 11.3. The Morgan fingerprint density at radius 1 is 0.971 bits per heavy atom. The molecule has 7 nitrogen and oxygen atoms in total. The van der Waals surface area contributed by atoms with Crippen LogP contribution in [0.5, 0.6) is 5.75 Å². The summed E-state index contributed by atoms with van der Waals surface area (Å²) in [7, 11) is 3.24. The number of halogens is 3. The highest BCUT2D eigenvalue weighted by Gasteiger charge is 2.23. The van der Waals surface area contributed by atoms with Crippen molar-refractivity contribution in [2.75, 3.05) is 37.9 Å². The number of ether oxygens (including phenoxy) is 1. The summed E-state index contributed by atoms with van der Waals surface area (Å²) < 4.78 is 20.3. The van der Waals surface area contributed by atoms with E-state index in [2.05, 4.69) is 15.6 Å². The zero-order chi connectivity index (χ0) is 25.1. The van der Waals surface area contributed by atoms with Crippen molar-refractivity contribution in [3.63, 3.8) is 0 Å². The van der Waals surface area contributed by atoms with E-state index < -0.39 is 17.6 Å². The molecule has 0 aromatic heterocycles. The number of aliphatic imine (C=N–C) groups is 1. The molecule has 35 heavy (non-hydrogen) atoms. The molecule has 1 aliphatic heterocycles. The van der Waals surface area contributed by atoms with Gasteiger partial charge in [-0.15, -0.1) is 0 Å². The molecule has 0 aliphatic carbocycles. The van der Waals surface area contributed by atoms with E-state index in [1.54, 1.807) is 30.3 Å². The Balaban J connectivity index is 1.63. The highest BCUT2D eigenvalue weighted by atomic mass is 35.5. The zero-order valence-electron chi connectivity index (χ0n) is 18.9. The normalized spacial score (nSPS) is 12.8. The average molecular weight is 515 g/mol. The van der Waals surface area contributed by atoms with E-state index in [1.807, 2.05) is 11.9 Å². The van der Waals surface area contributed by atoms with Gasteiger partial charge in [0.05, 0.1) is 30.5 Å². The molecule has 180 valence electrons. The first-order chi connectivity index (χ1) is 16.8. The van der Waals surface area contributed by atoms with E-state index >= 15 is 0 Å². The van der Waals surface area contributed by atoms with Crippen LogP contribution in [0.4, 0.5) is 15.8 Å². The van der Waals surface area contributed by atoms with Gasteiger partial charge in [0.2, 0.25) is 0 Å². The van der Waals surface area contributed by atoms with Gasteiger partial charge in [0.1, 0.15) is 17.4 Å².